The molecule has 1 fully saturated rings. The Morgan fingerprint density at radius 2 is 2.04 bits per heavy atom. The third kappa shape index (κ3) is 3.56. The standard InChI is InChI=1S/C16H17FN4O2/c17-11-6-4-10(5-7-11)13-9-14(21-20-13)16(23)19-12-3-1-2-8-18-15(12)22/h4-7,9,12H,1-3,8H2,(H,18,22)(H,19,23)(H,20,21)/t12-/m1/s1. The zero-order chi connectivity index (χ0) is 16.2. The number of rotatable bonds is 3. The van der Waals surface area contributed by atoms with Crippen LogP contribution >= 0.6 is 0 Å². The second kappa shape index (κ2) is 6.60. The van der Waals surface area contributed by atoms with E-state index in [0.29, 0.717) is 24.2 Å². The first-order chi connectivity index (χ1) is 11.1. The van der Waals surface area contributed by atoms with Crippen molar-refractivity contribution in [2.75, 3.05) is 6.54 Å². The first kappa shape index (κ1) is 15.2. The van der Waals surface area contributed by atoms with E-state index in [-0.39, 0.29) is 23.3 Å². The molecule has 0 radical (unpaired) electrons. The molecule has 0 unspecified atom stereocenters. The summed E-state index contributed by atoms with van der Waals surface area (Å²) in [5.74, 6) is -0.872. The summed E-state index contributed by atoms with van der Waals surface area (Å²) in [5.41, 5.74) is 1.51. The Hall–Kier alpha value is -2.70. The monoisotopic (exact) mass is 316 g/mol. The highest BCUT2D eigenvalue weighted by Crippen LogP contribution is 2.18. The van der Waals surface area contributed by atoms with Crippen molar-refractivity contribution in [3.8, 4) is 11.3 Å². The van der Waals surface area contributed by atoms with Gasteiger partial charge in [-0.3, -0.25) is 14.7 Å². The summed E-state index contributed by atoms with van der Waals surface area (Å²) >= 11 is 0. The molecule has 3 rings (SSSR count). The molecular weight excluding hydrogens is 299 g/mol. The number of aromatic nitrogens is 2. The summed E-state index contributed by atoms with van der Waals surface area (Å²) in [6.45, 7) is 0.643. The number of nitrogens with zero attached hydrogens (tertiary/aromatic N) is 1. The first-order valence-corrected chi connectivity index (χ1v) is 7.53. The Kier molecular flexibility index (Phi) is 4.36. The Morgan fingerprint density at radius 3 is 2.83 bits per heavy atom. The summed E-state index contributed by atoms with van der Waals surface area (Å²) < 4.78 is 12.9. The summed E-state index contributed by atoms with van der Waals surface area (Å²) in [6, 6.07) is 6.90. The highest BCUT2D eigenvalue weighted by atomic mass is 19.1. The number of carbonyl (C=O) groups excluding carboxylic acids is 2. The quantitative estimate of drug-likeness (QED) is 0.804. The Bertz CT molecular complexity index is 711. The van der Waals surface area contributed by atoms with Crippen molar-refractivity contribution < 1.29 is 14.0 Å². The molecule has 7 heteroatoms. The number of amides is 2. The van der Waals surface area contributed by atoms with Gasteiger partial charge in [0.1, 0.15) is 17.6 Å². The van der Waals surface area contributed by atoms with Gasteiger partial charge in [0.15, 0.2) is 0 Å². The lowest BCUT2D eigenvalue weighted by molar-refractivity contribution is -0.122. The van der Waals surface area contributed by atoms with E-state index in [2.05, 4.69) is 20.8 Å². The first-order valence-electron chi connectivity index (χ1n) is 7.53. The lowest BCUT2D eigenvalue weighted by atomic mass is 10.1. The molecule has 120 valence electrons. The van der Waals surface area contributed by atoms with Crippen LogP contribution in [-0.4, -0.2) is 34.6 Å². The maximum absolute atomic E-state index is 12.9. The van der Waals surface area contributed by atoms with E-state index >= 15 is 0 Å². The van der Waals surface area contributed by atoms with E-state index in [1.165, 1.54) is 12.1 Å². The average molecular weight is 316 g/mol. The van der Waals surface area contributed by atoms with Crippen LogP contribution in [0.3, 0.4) is 0 Å². The molecule has 1 atom stereocenters. The van der Waals surface area contributed by atoms with Gasteiger partial charge in [0.2, 0.25) is 5.91 Å². The second-order valence-corrected chi connectivity index (χ2v) is 5.49. The molecule has 1 aliphatic rings. The third-order valence-electron chi connectivity index (χ3n) is 3.80. The molecule has 1 aromatic heterocycles. The fourth-order valence-electron chi connectivity index (χ4n) is 2.52. The molecule has 6 nitrogen and oxygen atoms in total. The van der Waals surface area contributed by atoms with E-state index in [1.54, 1.807) is 18.2 Å². The molecule has 2 heterocycles. The zero-order valence-corrected chi connectivity index (χ0v) is 12.4. The molecule has 1 aromatic carbocycles. The van der Waals surface area contributed by atoms with Crippen molar-refractivity contribution in [1.82, 2.24) is 20.8 Å². The van der Waals surface area contributed by atoms with Gasteiger partial charge >= 0.3 is 0 Å². The van der Waals surface area contributed by atoms with Crippen LogP contribution in [-0.2, 0) is 4.79 Å². The van der Waals surface area contributed by atoms with Crippen molar-refractivity contribution in [2.45, 2.75) is 25.3 Å². The minimum atomic E-state index is -0.525. The SMILES string of the molecule is O=C(N[C@@H]1CCCCNC1=O)c1cc(-c2ccc(F)cc2)n[nH]1. The fourth-order valence-corrected chi connectivity index (χ4v) is 2.52. The number of nitrogens with one attached hydrogen (secondary N) is 3. The van der Waals surface area contributed by atoms with Gasteiger partial charge in [-0.1, -0.05) is 0 Å². The largest absolute Gasteiger partial charge is 0.354 e. The predicted molar refractivity (Wildman–Crippen MR) is 82.1 cm³/mol. The number of hydrogen-bond acceptors (Lipinski definition) is 3. The molecule has 0 saturated carbocycles. The molecule has 3 N–H and O–H groups in total. The molecule has 2 aromatic rings. The van der Waals surface area contributed by atoms with E-state index in [4.69, 9.17) is 0 Å². The number of aromatic amines is 1. The second-order valence-electron chi connectivity index (χ2n) is 5.49. The van der Waals surface area contributed by atoms with Crippen LogP contribution in [0.4, 0.5) is 4.39 Å². The van der Waals surface area contributed by atoms with Crippen molar-refractivity contribution >= 4 is 11.8 Å². The van der Waals surface area contributed by atoms with Gasteiger partial charge in [0.25, 0.3) is 5.91 Å². The fraction of sp³-hybridized carbons (Fsp3) is 0.312. The van der Waals surface area contributed by atoms with E-state index in [1.807, 2.05) is 0 Å². The minimum Gasteiger partial charge on any atom is -0.354 e. The van der Waals surface area contributed by atoms with E-state index < -0.39 is 6.04 Å². The Morgan fingerprint density at radius 1 is 1.26 bits per heavy atom. The highest BCUT2D eigenvalue weighted by molar-refractivity contribution is 5.96. The number of benzene rings is 1. The van der Waals surface area contributed by atoms with Crippen LogP contribution in [0.15, 0.2) is 30.3 Å². The van der Waals surface area contributed by atoms with Gasteiger partial charge in [0, 0.05) is 12.1 Å². The molecule has 1 aliphatic heterocycles. The Labute approximate surface area is 132 Å². The molecular formula is C16H17FN4O2. The predicted octanol–water partition coefficient (Wildman–Crippen LogP) is 1.61. The van der Waals surface area contributed by atoms with Crippen LogP contribution in [0.5, 0.6) is 0 Å². The van der Waals surface area contributed by atoms with Gasteiger partial charge in [-0.15, -0.1) is 0 Å². The zero-order valence-electron chi connectivity index (χ0n) is 12.4. The maximum atomic E-state index is 12.9. The topological polar surface area (TPSA) is 86.9 Å². The molecule has 0 bridgehead atoms. The summed E-state index contributed by atoms with van der Waals surface area (Å²) in [7, 11) is 0. The number of H-pyrrole nitrogens is 1. The van der Waals surface area contributed by atoms with Gasteiger partial charge in [-0.2, -0.15) is 5.10 Å². The summed E-state index contributed by atoms with van der Waals surface area (Å²) in [6.07, 6.45) is 2.42. The van der Waals surface area contributed by atoms with Crippen molar-refractivity contribution in [2.24, 2.45) is 0 Å². The van der Waals surface area contributed by atoms with E-state index in [0.717, 1.165) is 12.8 Å². The molecule has 0 aliphatic carbocycles. The third-order valence-corrected chi connectivity index (χ3v) is 3.80. The van der Waals surface area contributed by atoms with E-state index in [9.17, 15) is 14.0 Å². The molecule has 1 saturated heterocycles. The average Bonchev–Trinajstić information content (AvgIpc) is 2.95. The summed E-state index contributed by atoms with van der Waals surface area (Å²) in [4.78, 5) is 24.1. The van der Waals surface area contributed by atoms with Gasteiger partial charge in [0.05, 0.1) is 5.69 Å². The highest BCUT2D eigenvalue weighted by Gasteiger charge is 2.23. The van der Waals surface area contributed by atoms with Crippen molar-refractivity contribution in [3.63, 3.8) is 0 Å². The van der Waals surface area contributed by atoms with Crippen LogP contribution in [0, 0.1) is 5.82 Å². The van der Waals surface area contributed by atoms with Crippen LogP contribution in [0.1, 0.15) is 29.8 Å². The molecule has 23 heavy (non-hydrogen) atoms. The van der Waals surface area contributed by atoms with Crippen LogP contribution in [0.2, 0.25) is 0 Å². The number of halogens is 1. The Balaban J connectivity index is 1.70. The normalized spacial score (nSPS) is 18.1. The van der Waals surface area contributed by atoms with Crippen LogP contribution < -0.4 is 10.6 Å². The van der Waals surface area contributed by atoms with Crippen molar-refractivity contribution in [1.29, 1.82) is 0 Å². The molecule has 2 amide bonds. The lowest BCUT2D eigenvalue weighted by Crippen LogP contribution is -2.45. The minimum absolute atomic E-state index is 0.158. The number of carbonyl (C=O) groups is 2. The van der Waals surface area contributed by atoms with Gasteiger partial charge in [-0.25, -0.2) is 4.39 Å². The van der Waals surface area contributed by atoms with Crippen molar-refractivity contribution in [3.05, 3.63) is 41.8 Å². The summed E-state index contributed by atoms with van der Waals surface area (Å²) in [5, 5.41) is 12.2. The molecule has 0 spiro atoms. The van der Waals surface area contributed by atoms with Crippen LogP contribution in [0.25, 0.3) is 11.3 Å². The maximum Gasteiger partial charge on any atom is 0.269 e. The van der Waals surface area contributed by atoms with Gasteiger partial charge < -0.3 is 10.6 Å². The number of hydrogen-bond donors (Lipinski definition) is 3. The lowest BCUT2D eigenvalue weighted by Gasteiger charge is -2.14. The smallest absolute Gasteiger partial charge is 0.269 e. The van der Waals surface area contributed by atoms with Gasteiger partial charge in [-0.05, 0) is 49.6 Å².